The van der Waals surface area contributed by atoms with Crippen molar-refractivity contribution in [3.8, 4) is 0 Å². The summed E-state index contributed by atoms with van der Waals surface area (Å²) in [4.78, 5) is 4.15. The second kappa shape index (κ2) is 6.14. The van der Waals surface area contributed by atoms with E-state index in [4.69, 9.17) is 0 Å². The van der Waals surface area contributed by atoms with Crippen molar-refractivity contribution in [2.24, 2.45) is 0 Å². The SMILES string of the molecule is C[C@@H](O)[C@H]1CCCCN1S(=O)(=O)c1cnc2ccc(F)cc2c1. The number of benzene rings is 1. The fourth-order valence-corrected chi connectivity index (χ4v) is 4.81. The first kappa shape index (κ1) is 16.3. The van der Waals surface area contributed by atoms with E-state index in [0.29, 0.717) is 23.9 Å². The average Bonchev–Trinajstić information content (AvgIpc) is 2.54. The molecule has 0 radical (unpaired) electrons. The Balaban J connectivity index is 2.04. The number of piperidine rings is 1. The van der Waals surface area contributed by atoms with Crippen LogP contribution >= 0.6 is 0 Å². The summed E-state index contributed by atoms with van der Waals surface area (Å²) in [5.74, 6) is -0.436. The molecule has 0 saturated carbocycles. The van der Waals surface area contributed by atoms with Gasteiger partial charge in [0.15, 0.2) is 0 Å². The minimum Gasteiger partial charge on any atom is -0.392 e. The summed E-state index contributed by atoms with van der Waals surface area (Å²) in [5, 5.41) is 10.3. The van der Waals surface area contributed by atoms with Crippen LogP contribution in [0, 0.1) is 5.82 Å². The van der Waals surface area contributed by atoms with Gasteiger partial charge in [-0.3, -0.25) is 4.98 Å². The van der Waals surface area contributed by atoms with E-state index in [1.807, 2.05) is 0 Å². The van der Waals surface area contributed by atoms with Gasteiger partial charge in [0, 0.05) is 18.1 Å². The van der Waals surface area contributed by atoms with Crippen LogP contribution in [0.25, 0.3) is 10.9 Å². The molecule has 1 aliphatic heterocycles. The third-order valence-corrected chi connectivity index (χ3v) is 6.17. The second-order valence-corrected chi connectivity index (χ2v) is 7.82. The Morgan fingerprint density at radius 3 is 2.87 bits per heavy atom. The molecule has 1 N–H and O–H groups in total. The minimum atomic E-state index is -3.77. The van der Waals surface area contributed by atoms with Gasteiger partial charge in [-0.15, -0.1) is 0 Å². The molecule has 0 bridgehead atoms. The Labute approximate surface area is 134 Å². The van der Waals surface area contributed by atoms with Crippen molar-refractivity contribution in [1.82, 2.24) is 9.29 Å². The smallest absolute Gasteiger partial charge is 0.244 e. The van der Waals surface area contributed by atoms with Crippen molar-refractivity contribution in [2.45, 2.75) is 43.2 Å². The molecule has 1 aromatic carbocycles. The van der Waals surface area contributed by atoms with Crippen LogP contribution in [0.5, 0.6) is 0 Å². The highest BCUT2D eigenvalue weighted by Crippen LogP contribution is 2.28. The van der Waals surface area contributed by atoms with E-state index in [-0.39, 0.29) is 4.90 Å². The van der Waals surface area contributed by atoms with Gasteiger partial charge in [0.05, 0.1) is 17.7 Å². The van der Waals surface area contributed by atoms with Crippen LogP contribution in [0.1, 0.15) is 26.2 Å². The van der Waals surface area contributed by atoms with E-state index in [0.717, 1.165) is 12.8 Å². The molecule has 1 saturated heterocycles. The molecule has 2 heterocycles. The van der Waals surface area contributed by atoms with Gasteiger partial charge >= 0.3 is 0 Å². The molecule has 5 nitrogen and oxygen atoms in total. The molecule has 1 aliphatic rings. The van der Waals surface area contributed by atoms with Crippen LogP contribution in [0.4, 0.5) is 4.39 Å². The quantitative estimate of drug-likeness (QED) is 0.932. The van der Waals surface area contributed by atoms with Crippen LogP contribution in [0.3, 0.4) is 0 Å². The molecule has 1 aromatic heterocycles. The molecule has 23 heavy (non-hydrogen) atoms. The molecular formula is C16H19FN2O3S. The van der Waals surface area contributed by atoms with Gasteiger partial charge in [-0.05, 0) is 44.0 Å². The number of aromatic nitrogens is 1. The first-order valence-corrected chi connectivity index (χ1v) is 9.09. The Morgan fingerprint density at radius 2 is 2.13 bits per heavy atom. The number of aliphatic hydroxyl groups excluding tert-OH is 1. The molecule has 0 spiro atoms. The standard InChI is InChI=1S/C16H19FN2O3S/c1-11(20)16-4-2-3-7-19(16)23(21,22)14-9-12-8-13(17)5-6-15(12)18-10-14/h5-6,8-11,16,20H,2-4,7H2,1H3/t11-,16-/m1/s1. The molecule has 0 unspecified atom stereocenters. The highest BCUT2D eigenvalue weighted by atomic mass is 32.2. The maximum absolute atomic E-state index is 13.4. The predicted octanol–water partition coefficient (Wildman–Crippen LogP) is 2.30. The number of hydrogen-bond acceptors (Lipinski definition) is 4. The second-order valence-electron chi connectivity index (χ2n) is 5.93. The number of aliphatic hydroxyl groups is 1. The summed E-state index contributed by atoms with van der Waals surface area (Å²) in [5.41, 5.74) is 0.538. The van der Waals surface area contributed by atoms with Gasteiger partial charge in [-0.1, -0.05) is 6.42 Å². The Hall–Kier alpha value is -1.57. The van der Waals surface area contributed by atoms with Crippen LogP contribution in [0.15, 0.2) is 35.4 Å². The van der Waals surface area contributed by atoms with E-state index in [9.17, 15) is 17.9 Å². The zero-order valence-corrected chi connectivity index (χ0v) is 13.6. The summed E-state index contributed by atoms with van der Waals surface area (Å²) < 4.78 is 40.5. The topological polar surface area (TPSA) is 70.5 Å². The van der Waals surface area contributed by atoms with Crippen molar-refractivity contribution in [3.05, 3.63) is 36.3 Å². The zero-order valence-electron chi connectivity index (χ0n) is 12.8. The van der Waals surface area contributed by atoms with Crippen molar-refractivity contribution in [1.29, 1.82) is 0 Å². The maximum atomic E-state index is 13.4. The number of rotatable bonds is 3. The molecule has 3 rings (SSSR count). The average molecular weight is 338 g/mol. The van der Waals surface area contributed by atoms with E-state index >= 15 is 0 Å². The van der Waals surface area contributed by atoms with Gasteiger partial charge in [-0.2, -0.15) is 4.31 Å². The highest BCUT2D eigenvalue weighted by Gasteiger charge is 2.36. The van der Waals surface area contributed by atoms with E-state index in [1.165, 1.54) is 34.8 Å². The van der Waals surface area contributed by atoms with Gasteiger partial charge in [0.1, 0.15) is 10.7 Å². The fraction of sp³-hybridized carbons (Fsp3) is 0.438. The molecule has 0 amide bonds. The van der Waals surface area contributed by atoms with E-state index in [2.05, 4.69) is 4.98 Å². The lowest BCUT2D eigenvalue weighted by molar-refractivity contribution is 0.0831. The van der Waals surface area contributed by atoms with Crippen molar-refractivity contribution in [2.75, 3.05) is 6.54 Å². The van der Waals surface area contributed by atoms with Gasteiger partial charge in [-0.25, -0.2) is 12.8 Å². The third-order valence-electron chi connectivity index (χ3n) is 4.28. The van der Waals surface area contributed by atoms with Crippen molar-refractivity contribution >= 4 is 20.9 Å². The molecule has 2 aromatic rings. The lowest BCUT2D eigenvalue weighted by atomic mass is 10.0. The third kappa shape index (κ3) is 3.08. The predicted molar refractivity (Wildman–Crippen MR) is 84.9 cm³/mol. The first-order valence-electron chi connectivity index (χ1n) is 7.65. The molecule has 0 aliphatic carbocycles. The summed E-state index contributed by atoms with van der Waals surface area (Å²) in [6.45, 7) is 1.98. The van der Waals surface area contributed by atoms with Crippen LogP contribution < -0.4 is 0 Å². The minimum absolute atomic E-state index is 0.0307. The summed E-state index contributed by atoms with van der Waals surface area (Å²) in [7, 11) is -3.77. The fourth-order valence-electron chi connectivity index (χ4n) is 3.07. The Bertz CT molecular complexity index is 823. The molecular weight excluding hydrogens is 319 g/mol. The maximum Gasteiger partial charge on any atom is 0.244 e. The van der Waals surface area contributed by atoms with Crippen LogP contribution in [-0.4, -0.2) is 41.5 Å². The molecule has 7 heteroatoms. The molecule has 1 fully saturated rings. The number of hydrogen-bond donors (Lipinski definition) is 1. The van der Waals surface area contributed by atoms with Gasteiger partial charge in [0.25, 0.3) is 0 Å². The van der Waals surface area contributed by atoms with Crippen LogP contribution in [-0.2, 0) is 10.0 Å². The first-order chi connectivity index (χ1) is 10.9. The van der Waals surface area contributed by atoms with E-state index in [1.54, 1.807) is 6.92 Å². The molecule has 2 atom stereocenters. The largest absolute Gasteiger partial charge is 0.392 e. The molecule has 124 valence electrons. The number of sulfonamides is 1. The normalized spacial score (nSPS) is 21.4. The number of halogens is 1. The monoisotopic (exact) mass is 338 g/mol. The summed E-state index contributed by atoms with van der Waals surface area (Å²) in [6.07, 6.45) is 2.84. The van der Waals surface area contributed by atoms with Gasteiger partial charge in [0.2, 0.25) is 10.0 Å². The van der Waals surface area contributed by atoms with Gasteiger partial charge < -0.3 is 5.11 Å². The van der Waals surface area contributed by atoms with Crippen molar-refractivity contribution < 1.29 is 17.9 Å². The van der Waals surface area contributed by atoms with Crippen molar-refractivity contribution in [3.63, 3.8) is 0 Å². The lowest BCUT2D eigenvalue weighted by Gasteiger charge is -2.36. The van der Waals surface area contributed by atoms with Crippen LogP contribution in [0.2, 0.25) is 0 Å². The number of pyridine rings is 1. The van der Waals surface area contributed by atoms with E-state index < -0.39 is 28.0 Å². The summed E-state index contributed by atoms with van der Waals surface area (Å²) in [6, 6.07) is 5.08. The Kier molecular flexibility index (Phi) is 4.35. The summed E-state index contributed by atoms with van der Waals surface area (Å²) >= 11 is 0. The zero-order chi connectivity index (χ0) is 16.6. The number of fused-ring (bicyclic) bond motifs is 1. The highest BCUT2D eigenvalue weighted by molar-refractivity contribution is 7.89. The number of nitrogens with zero attached hydrogens (tertiary/aromatic N) is 2. The lowest BCUT2D eigenvalue weighted by Crippen LogP contribution is -2.48. The Morgan fingerprint density at radius 1 is 1.35 bits per heavy atom.